The fraction of sp³-hybridized carbons (Fsp3) is 0.250. The van der Waals surface area contributed by atoms with Crippen molar-refractivity contribution in [3.05, 3.63) is 35.4 Å². The van der Waals surface area contributed by atoms with Gasteiger partial charge >= 0.3 is 0 Å². The van der Waals surface area contributed by atoms with Crippen molar-refractivity contribution >= 4 is 0 Å². The van der Waals surface area contributed by atoms with Crippen LogP contribution >= 0.6 is 0 Å². The molecule has 0 atom stereocenters. The van der Waals surface area contributed by atoms with E-state index in [1.807, 2.05) is 0 Å². The molecule has 0 spiro atoms. The van der Waals surface area contributed by atoms with Gasteiger partial charge in [-0.25, -0.2) is 0 Å². The van der Waals surface area contributed by atoms with E-state index in [-0.39, 0.29) is 0 Å². The highest BCUT2D eigenvalue weighted by atomic mass is 16.5. The van der Waals surface area contributed by atoms with Crippen molar-refractivity contribution in [1.29, 1.82) is 0 Å². The maximum Gasteiger partial charge on any atom is 0.178 e. The first-order valence-corrected chi connectivity index (χ1v) is 3.43. The number of hydrogen-bond donors (Lipinski definition) is 4. The highest BCUT2D eigenvalue weighted by Crippen LogP contribution is 2.14. The van der Waals surface area contributed by atoms with Gasteiger partial charge in [-0.2, -0.15) is 0 Å². The summed E-state index contributed by atoms with van der Waals surface area (Å²) in [5.41, 5.74) is 0.638. The van der Waals surface area contributed by atoms with Gasteiger partial charge < -0.3 is 20.4 Å². The second-order valence-electron chi connectivity index (χ2n) is 2.41. The predicted molar refractivity (Wildman–Crippen MR) is 40.8 cm³/mol. The first-order chi connectivity index (χ1) is 5.61. The molecule has 66 valence electrons. The number of hydrogen-bond acceptors (Lipinski definition) is 4. The molecule has 0 aliphatic carbocycles. The zero-order valence-corrected chi connectivity index (χ0v) is 6.25. The van der Waals surface area contributed by atoms with Gasteiger partial charge in [-0.05, 0) is 0 Å². The van der Waals surface area contributed by atoms with Gasteiger partial charge in [0.25, 0.3) is 0 Å². The lowest BCUT2D eigenvalue weighted by Crippen LogP contribution is -1.97. The molecule has 0 fully saturated rings. The molecule has 4 nitrogen and oxygen atoms in total. The lowest BCUT2D eigenvalue weighted by Gasteiger charge is -2.06. The summed E-state index contributed by atoms with van der Waals surface area (Å²) in [7, 11) is 0. The maximum atomic E-state index is 8.68. The maximum absolute atomic E-state index is 8.68. The largest absolute Gasteiger partial charge is 0.364 e. The highest BCUT2D eigenvalue weighted by molar-refractivity contribution is 5.23. The molecule has 1 aromatic carbocycles. The molecule has 0 saturated heterocycles. The summed E-state index contributed by atoms with van der Waals surface area (Å²) >= 11 is 0. The van der Waals surface area contributed by atoms with Gasteiger partial charge in [-0.1, -0.05) is 24.3 Å². The zero-order chi connectivity index (χ0) is 9.14. The van der Waals surface area contributed by atoms with Crippen molar-refractivity contribution < 1.29 is 20.4 Å². The van der Waals surface area contributed by atoms with E-state index in [9.17, 15) is 0 Å². The van der Waals surface area contributed by atoms with Gasteiger partial charge in [-0.15, -0.1) is 0 Å². The summed E-state index contributed by atoms with van der Waals surface area (Å²) in [6, 6.07) is 5.66. The van der Waals surface area contributed by atoms with Crippen LogP contribution in [0.3, 0.4) is 0 Å². The second-order valence-corrected chi connectivity index (χ2v) is 2.41. The Kier molecular flexibility index (Phi) is 2.78. The van der Waals surface area contributed by atoms with E-state index in [1.54, 1.807) is 0 Å². The van der Waals surface area contributed by atoms with Crippen LogP contribution in [-0.2, 0) is 0 Å². The zero-order valence-electron chi connectivity index (χ0n) is 6.25. The van der Waals surface area contributed by atoms with Gasteiger partial charge in [0, 0.05) is 11.1 Å². The number of rotatable bonds is 2. The van der Waals surface area contributed by atoms with Crippen molar-refractivity contribution in [2.24, 2.45) is 0 Å². The summed E-state index contributed by atoms with van der Waals surface area (Å²) in [5, 5.41) is 34.7. The molecule has 1 rings (SSSR count). The molecule has 4 N–H and O–H groups in total. The number of aliphatic hydroxyl groups is 4. The molecule has 0 saturated carbocycles. The first-order valence-electron chi connectivity index (χ1n) is 3.43. The molecular weight excluding hydrogens is 160 g/mol. The fourth-order valence-electron chi connectivity index (χ4n) is 0.840. The van der Waals surface area contributed by atoms with E-state index < -0.39 is 12.6 Å². The molecule has 1 aromatic rings. The quantitative estimate of drug-likeness (QED) is 0.457. The Labute approximate surface area is 69.3 Å². The highest BCUT2D eigenvalue weighted by Gasteiger charge is 2.04. The molecule has 0 heterocycles. The standard InChI is InChI=1S/C8H10O4/c9-7(10)5-1-2-6(4-3-5)8(11)12/h1-4,7-12H. The van der Waals surface area contributed by atoms with Crippen LogP contribution < -0.4 is 0 Å². The number of aliphatic hydroxyl groups excluding tert-OH is 2. The molecule has 0 amide bonds. The topological polar surface area (TPSA) is 80.9 Å². The Morgan fingerprint density at radius 3 is 1.08 bits per heavy atom. The third kappa shape index (κ3) is 2.02. The molecule has 0 radical (unpaired) electrons. The smallest absolute Gasteiger partial charge is 0.178 e. The molecule has 0 aliphatic rings. The molecular formula is C8H10O4. The second kappa shape index (κ2) is 3.64. The van der Waals surface area contributed by atoms with Crippen LogP contribution in [0.5, 0.6) is 0 Å². The van der Waals surface area contributed by atoms with Crippen LogP contribution in [0.25, 0.3) is 0 Å². The van der Waals surface area contributed by atoms with E-state index in [4.69, 9.17) is 20.4 Å². The summed E-state index contributed by atoms with van der Waals surface area (Å²) in [6.07, 6.45) is -3.04. The van der Waals surface area contributed by atoms with Crippen LogP contribution in [0.1, 0.15) is 23.7 Å². The van der Waals surface area contributed by atoms with Gasteiger partial charge in [-0.3, -0.25) is 0 Å². The van der Waals surface area contributed by atoms with Crippen LogP contribution in [0.15, 0.2) is 24.3 Å². The Bertz CT molecular complexity index is 213. The van der Waals surface area contributed by atoms with Crippen LogP contribution in [0.2, 0.25) is 0 Å². The minimum Gasteiger partial charge on any atom is -0.364 e. The molecule has 0 unspecified atom stereocenters. The van der Waals surface area contributed by atoms with E-state index in [1.165, 1.54) is 24.3 Å². The molecule has 12 heavy (non-hydrogen) atoms. The third-order valence-corrected chi connectivity index (χ3v) is 1.53. The number of benzene rings is 1. The molecule has 0 aromatic heterocycles. The molecule has 0 aliphatic heterocycles. The lowest BCUT2D eigenvalue weighted by atomic mass is 10.1. The lowest BCUT2D eigenvalue weighted by molar-refractivity contribution is -0.0457. The normalized spacial score (nSPS) is 11.2. The Morgan fingerprint density at radius 2 is 0.917 bits per heavy atom. The van der Waals surface area contributed by atoms with Crippen molar-refractivity contribution in [2.45, 2.75) is 12.6 Å². The summed E-state index contributed by atoms with van der Waals surface area (Å²) < 4.78 is 0. The van der Waals surface area contributed by atoms with Crippen molar-refractivity contribution in [2.75, 3.05) is 0 Å². The fourth-order valence-corrected chi connectivity index (χ4v) is 0.840. The third-order valence-electron chi connectivity index (χ3n) is 1.53. The summed E-state index contributed by atoms with van der Waals surface area (Å²) in [6.45, 7) is 0. The average molecular weight is 170 g/mol. The minimum atomic E-state index is -1.52. The Morgan fingerprint density at radius 1 is 0.667 bits per heavy atom. The van der Waals surface area contributed by atoms with Gasteiger partial charge in [0.05, 0.1) is 0 Å². The van der Waals surface area contributed by atoms with Gasteiger partial charge in [0.15, 0.2) is 12.6 Å². The Hall–Kier alpha value is -0.940. The molecule has 0 bridgehead atoms. The Balaban J connectivity index is 2.86. The molecule has 4 heteroatoms. The van der Waals surface area contributed by atoms with Crippen molar-refractivity contribution in [3.8, 4) is 0 Å². The van der Waals surface area contributed by atoms with Crippen LogP contribution in [-0.4, -0.2) is 20.4 Å². The van der Waals surface area contributed by atoms with E-state index in [2.05, 4.69) is 0 Å². The van der Waals surface area contributed by atoms with E-state index >= 15 is 0 Å². The monoisotopic (exact) mass is 170 g/mol. The van der Waals surface area contributed by atoms with E-state index in [0.29, 0.717) is 11.1 Å². The first kappa shape index (κ1) is 9.15. The predicted octanol–water partition coefficient (Wildman–Crippen LogP) is -0.347. The average Bonchev–Trinajstić information content (AvgIpc) is 2.04. The minimum absolute atomic E-state index is 0.319. The van der Waals surface area contributed by atoms with Gasteiger partial charge in [0.1, 0.15) is 0 Å². The SMILES string of the molecule is OC(O)c1ccc(C(O)O)cc1. The van der Waals surface area contributed by atoms with Crippen molar-refractivity contribution in [1.82, 2.24) is 0 Å². The summed E-state index contributed by atoms with van der Waals surface area (Å²) in [5.74, 6) is 0. The van der Waals surface area contributed by atoms with Crippen LogP contribution in [0.4, 0.5) is 0 Å². The van der Waals surface area contributed by atoms with Crippen molar-refractivity contribution in [3.63, 3.8) is 0 Å². The van der Waals surface area contributed by atoms with Gasteiger partial charge in [0.2, 0.25) is 0 Å². The summed E-state index contributed by atoms with van der Waals surface area (Å²) in [4.78, 5) is 0. The van der Waals surface area contributed by atoms with E-state index in [0.717, 1.165) is 0 Å². The van der Waals surface area contributed by atoms with Crippen LogP contribution in [0, 0.1) is 0 Å².